The zero-order valence-corrected chi connectivity index (χ0v) is 16.4. The van der Waals surface area contributed by atoms with Gasteiger partial charge in [0.15, 0.2) is 0 Å². The van der Waals surface area contributed by atoms with E-state index in [2.05, 4.69) is 44.4 Å². The number of amides is 1. The Morgan fingerprint density at radius 3 is 2.58 bits per heavy atom. The van der Waals surface area contributed by atoms with E-state index in [0.29, 0.717) is 11.8 Å². The Bertz CT molecular complexity index is 710. The number of benzene rings is 1. The maximum atomic E-state index is 13.2. The minimum absolute atomic E-state index is 0.0161. The fourth-order valence-corrected chi connectivity index (χ4v) is 5.63. The summed E-state index contributed by atoms with van der Waals surface area (Å²) in [5, 5.41) is 0. The Labute approximate surface area is 157 Å². The van der Waals surface area contributed by atoms with Crippen LogP contribution in [0.15, 0.2) is 36.9 Å². The van der Waals surface area contributed by atoms with Crippen LogP contribution >= 0.6 is 0 Å². The van der Waals surface area contributed by atoms with Gasteiger partial charge in [0.2, 0.25) is 5.91 Å². The van der Waals surface area contributed by atoms with E-state index < -0.39 is 0 Å². The van der Waals surface area contributed by atoms with Crippen LogP contribution in [0.3, 0.4) is 0 Å². The maximum Gasteiger partial charge on any atom is 0.228 e. The molecule has 1 aromatic rings. The molecule has 4 rings (SSSR count). The lowest BCUT2D eigenvalue weighted by Gasteiger charge is -2.56. The lowest BCUT2D eigenvalue weighted by Crippen LogP contribution is -2.64. The monoisotopic (exact) mass is 353 g/mol. The Kier molecular flexibility index (Phi) is 4.26. The number of hydrogen-bond acceptors (Lipinski definition) is 2. The molecule has 1 saturated carbocycles. The van der Waals surface area contributed by atoms with Gasteiger partial charge in [-0.3, -0.25) is 4.79 Å². The molecule has 0 unspecified atom stereocenters. The Morgan fingerprint density at radius 1 is 1.19 bits per heavy atom. The minimum atomic E-state index is -0.188. The third-order valence-electron chi connectivity index (χ3n) is 7.17. The largest absolute Gasteiger partial charge is 0.354 e. The smallest absolute Gasteiger partial charge is 0.228 e. The molecular formula is C23H31NO2. The molecule has 0 aromatic heterocycles. The van der Waals surface area contributed by atoms with Crippen molar-refractivity contribution in [2.24, 2.45) is 23.7 Å². The summed E-state index contributed by atoms with van der Waals surface area (Å²) in [5.74, 6) is 1.27. The molecule has 3 fully saturated rings. The molecule has 2 heterocycles. The van der Waals surface area contributed by atoms with Crippen LogP contribution < -0.4 is 0 Å². The summed E-state index contributed by atoms with van der Waals surface area (Å²) in [4.78, 5) is 15.3. The number of rotatable bonds is 2. The maximum absolute atomic E-state index is 13.2. The second-order valence-electron chi connectivity index (χ2n) is 9.16. The van der Waals surface area contributed by atoms with Crippen LogP contribution in [-0.2, 0) is 9.53 Å². The minimum Gasteiger partial charge on any atom is -0.354 e. The van der Waals surface area contributed by atoms with E-state index in [1.165, 1.54) is 6.42 Å². The number of carbonyl (C=O) groups is 1. The van der Waals surface area contributed by atoms with Crippen LogP contribution in [0.2, 0.25) is 0 Å². The van der Waals surface area contributed by atoms with E-state index in [1.54, 1.807) is 0 Å². The molecule has 6 atom stereocenters. The van der Waals surface area contributed by atoms with Crippen LogP contribution in [0.5, 0.6) is 0 Å². The fraction of sp³-hybridized carbons (Fsp3) is 0.609. The molecule has 0 bridgehead atoms. The molecule has 2 saturated heterocycles. The van der Waals surface area contributed by atoms with Crippen molar-refractivity contribution in [1.29, 1.82) is 0 Å². The second-order valence-corrected chi connectivity index (χ2v) is 9.16. The molecule has 0 spiro atoms. The van der Waals surface area contributed by atoms with E-state index in [9.17, 15) is 4.79 Å². The van der Waals surface area contributed by atoms with E-state index in [4.69, 9.17) is 4.74 Å². The van der Waals surface area contributed by atoms with Gasteiger partial charge in [0.1, 0.15) is 6.23 Å². The third-order valence-corrected chi connectivity index (χ3v) is 7.17. The first kappa shape index (κ1) is 17.8. The van der Waals surface area contributed by atoms with Crippen LogP contribution in [0, 0.1) is 23.7 Å². The van der Waals surface area contributed by atoms with E-state index >= 15 is 0 Å². The van der Waals surface area contributed by atoms with E-state index in [0.717, 1.165) is 24.0 Å². The quantitative estimate of drug-likeness (QED) is 0.769. The summed E-state index contributed by atoms with van der Waals surface area (Å²) < 4.78 is 6.66. The van der Waals surface area contributed by atoms with Crippen molar-refractivity contribution in [1.82, 2.24) is 4.90 Å². The highest BCUT2D eigenvalue weighted by Crippen LogP contribution is 2.52. The van der Waals surface area contributed by atoms with E-state index in [1.807, 2.05) is 25.1 Å². The lowest BCUT2D eigenvalue weighted by molar-refractivity contribution is -0.223. The predicted octanol–water partition coefficient (Wildman–Crippen LogP) is 4.73. The molecule has 3 nitrogen and oxygen atoms in total. The molecule has 2 aliphatic heterocycles. The molecule has 26 heavy (non-hydrogen) atoms. The number of ether oxygens (including phenoxy) is 1. The van der Waals surface area contributed by atoms with Crippen molar-refractivity contribution < 1.29 is 9.53 Å². The normalized spacial score (nSPS) is 38.6. The van der Waals surface area contributed by atoms with E-state index in [-0.39, 0.29) is 35.6 Å². The van der Waals surface area contributed by atoms with Crippen molar-refractivity contribution in [2.45, 2.75) is 64.8 Å². The highest BCUT2D eigenvalue weighted by molar-refractivity contribution is 5.86. The van der Waals surface area contributed by atoms with Gasteiger partial charge in [-0.2, -0.15) is 0 Å². The van der Waals surface area contributed by atoms with Crippen molar-refractivity contribution in [3.63, 3.8) is 0 Å². The van der Waals surface area contributed by atoms with Gasteiger partial charge in [-0.1, -0.05) is 57.2 Å². The first-order valence-corrected chi connectivity index (χ1v) is 10.0. The molecule has 1 aliphatic carbocycles. The van der Waals surface area contributed by atoms with Crippen LogP contribution in [0.1, 0.15) is 52.5 Å². The summed E-state index contributed by atoms with van der Waals surface area (Å²) in [6.07, 6.45) is 3.54. The van der Waals surface area contributed by atoms with Crippen LogP contribution in [0.25, 0.3) is 5.57 Å². The van der Waals surface area contributed by atoms with Gasteiger partial charge in [-0.05, 0) is 43.7 Å². The summed E-state index contributed by atoms with van der Waals surface area (Å²) in [5.41, 5.74) is 1.97. The molecule has 1 amide bonds. The summed E-state index contributed by atoms with van der Waals surface area (Å²) in [6.45, 7) is 13.2. The van der Waals surface area contributed by atoms with Gasteiger partial charge in [0.05, 0.1) is 6.10 Å². The SMILES string of the molecule is C=C(c1ccccc1)[C@@H]1[C@H](C)C(=O)N2[C@H]1O[C@@H]1C[C@H](C)CC[C@H]1C2(C)C. The number of carbonyl (C=O) groups excluding carboxylic acids is 1. The average molecular weight is 354 g/mol. The number of nitrogens with zero attached hydrogens (tertiary/aromatic N) is 1. The fourth-order valence-electron chi connectivity index (χ4n) is 5.63. The molecular weight excluding hydrogens is 322 g/mol. The molecule has 1 aromatic carbocycles. The summed E-state index contributed by atoms with van der Waals surface area (Å²) >= 11 is 0. The topological polar surface area (TPSA) is 29.5 Å². The molecule has 3 aliphatic rings. The number of fused-ring (bicyclic) bond motifs is 2. The van der Waals surface area contributed by atoms with Crippen molar-refractivity contribution in [3.8, 4) is 0 Å². The zero-order chi connectivity index (χ0) is 18.6. The van der Waals surface area contributed by atoms with Crippen molar-refractivity contribution >= 4 is 11.5 Å². The highest BCUT2D eigenvalue weighted by atomic mass is 16.5. The summed E-state index contributed by atoms with van der Waals surface area (Å²) in [7, 11) is 0. The average Bonchev–Trinajstić information content (AvgIpc) is 2.86. The Balaban J connectivity index is 1.71. The summed E-state index contributed by atoms with van der Waals surface area (Å²) in [6, 6.07) is 10.2. The zero-order valence-electron chi connectivity index (χ0n) is 16.4. The Morgan fingerprint density at radius 2 is 1.88 bits per heavy atom. The predicted molar refractivity (Wildman–Crippen MR) is 104 cm³/mol. The lowest BCUT2D eigenvalue weighted by atomic mass is 9.69. The van der Waals surface area contributed by atoms with Gasteiger partial charge >= 0.3 is 0 Å². The number of hydrogen-bond donors (Lipinski definition) is 0. The van der Waals surface area contributed by atoms with Gasteiger partial charge in [-0.25, -0.2) is 0 Å². The molecule has 3 heteroatoms. The van der Waals surface area contributed by atoms with Crippen molar-refractivity contribution in [2.75, 3.05) is 0 Å². The molecule has 0 radical (unpaired) electrons. The van der Waals surface area contributed by atoms with Gasteiger partial charge < -0.3 is 9.64 Å². The Hall–Kier alpha value is -1.61. The van der Waals surface area contributed by atoms with Crippen molar-refractivity contribution in [3.05, 3.63) is 42.5 Å². The van der Waals surface area contributed by atoms with Gasteiger partial charge in [0.25, 0.3) is 0 Å². The first-order valence-electron chi connectivity index (χ1n) is 10.0. The second kappa shape index (κ2) is 6.23. The standard InChI is InChI=1S/C23H31NO2/c1-14-11-12-18-19(13-14)26-22-20(15(2)17-9-7-6-8-10-17)16(3)21(25)24(22)23(18,4)5/h6-10,14,16,18-20,22H,2,11-13H2,1,3-5H3/t14-,16+,18-,19-,20-,22+/m1/s1. The van der Waals surface area contributed by atoms with Crippen LogP contribution in [0.4, 0.5) is 0 Å². The molecule has 140 valence electrons. The highest BCUT2D eigenvalue weighted by Gasteiger charge is 2.60. The van der Waals surface area contributed by atoms with Gasteiger partial charge in [0, 0.05) is 23.3 Å². The molecule has 0 N–H and O–H groups in total. The first-order chi connectivity index (χ1) is 12.3. The van der Waals surface area contributed by atoms with Crippen LogP contribution in [-0.4, -0.2) is 28.7 Å². The van der Waals surface area contributed by atoms with Gasteiger partial charge in [-0.15, -0.1) is 0 Å². The third kappa shape index (κ3) is 2.55.